The van der Waals surface area contributed by atoms with Crippen molar-refractivity contribution in [1.82, 2.24) is 15.4 Å². The van der Waals surface area contributed by atoms with E-state index in [1.807, 2.05) is 20.9 Å². The van der Waals surface area contributed by atoms with Crippen molar-refractivity contribution in [3.8, 4) is 0 Å². The van der Waals surface area contributed by atoms with Crippen LogP contribution in [0.2, 0.25) is 0 Å². The van der Waals surface area contributed by atoms with E-state index in [4.69, 9.17) is 4.52 Å². The highest BCUT2D eigenvalue weighted by atomic mass is 16.5. The van der Waals surface area contributed by atoms with Crippen LogP contribution in [-0.4, -0.2) is 36.7 Å². The molecule has 0 saturated heterocycles. The van der Waals surface area contributed by atoms with Crippen LogP contribution in [0.15, 0.2) is 33.8 Å². The highest BCUT2D eigenvalue weighted by Gasteiger charge is 2.10. The zero-order chi connectivity index (χ0) is 17.5. The maximum atomic E-state index is 5.21. The van der Waals surface area contributed by atoms with Gasteiger partial charge in [-0.25, -0.2) is 0 Å². The Labute approximate surface area is 144 Å². The number of nitrogens with zero attached hydrogens (tertiary/aromatic N) is 3. The lowest BCUT2D eigenvalue weighted by atomic mass is 10.1. The van der Waals surface area contributed by atoms with Crippen molar-refractivity contribution >= 4 is 5.96 Å². The summed E-state index contributed by atoms with van der Waals surface area (Å²) in [7, 11) is 3.87. The molecule has 0 spiro atoms. The largest absolute Gasteiger partial charge is 0.361 e. The van der Waals surface area contributed by atoms with E-state index in [1.54, 1.807) is 0 Å². The fourth-order valence-electron chi connectivity index (χ4n) is 2.77. The van der Waals surface area contributed by atoms with Gasteiger partial charge in [-0.15, -0.1) is 0 Å². The topological polar surface area (TPSA) is 53.7 Å². The summed E-state index contributed by atoms with van der Waals surface area (Å²) in [6.45, 7) is 7.73. The molecule has 1 heterocycles. The molecule has 0 aliphatic carbocycles. The zero-order valence-corrected chi connectivity index (χ0v) is 15.4. The molecule has 1 N–H and O–H groups in total. The van der Waals surface area contributed by atoms with E-state index in [0.717, 1.165) is 43.3 Å². The fourth-order valence-corrected chi connectivity index (χ4v) is 2.77. The lowest BCUT2D eigenvalue weighted by Gasteiger charge is -2.22. The minimum absolute atomic E-state index is 0.800. The molecular formula is C19H28N4O. The molecule has 24 heavy (non-hydrogen) atoms. The first kappa shape index (κ1) is 18.0. The van der Waals surface area contributed by atoms with Crippen LogP contribution < -0.4 is 5.32 Å². The molecule has 2 aromatic rings. The van der Waals surface area contributed by atoms with E-state index < -0.39 is 0 Å². The standard InChI is InChI=1S/C19H28N4O/c1-6-16-7-9-17(10-8-16)13-23(5)19(20-4)21-12-11-18-14(2)22-24-15(18)3/h7-10H,6,11-13H2,1-5H3,(H,20,21). The van der Waals surface area contributed by atoms with Crippen LogP contribution in [0.3, 0.4) is 0 Å². The third-order valence-corrected chi connectivity index (χ3v) is 4.26. The second kappa shape index (κ2) is 8.52. The fraction of sp³-hybridized carbons (Fsp3) is 0.474. The third-order valence-electron chi connectivity index (χ3n) is 4.26. The molecule has 0 aliphatic rings. The van der Waals surface area contributed by atoms with E-state index in [-0.39, 0.29) is 0 Å². The molecule has 1 aromatic heterocycles. The SMILES string of the molecule is CCc1ccc(CN(C)C(=NC)NCCc2c(C)noc2C)cc1. The van der Waals surface area contributed by atoms with Gasteiger partial charge in [0.05, 0.1) is 5.69 Å². The second-order valence-corrected chi connectivity index (χ2v) is 6.05. The number of aromatic nitrogens is 1. The van der Waals surface area contributed by atoms with Crippen LogP contribution in [0.4, 0.5) is 0 Å². The molecule has 0 unspecified atom stereocenters. The van der Waals surface area contributed by atoms with Gasteiger partial charge >= 0.3 is 0 Å². The van der Waals surface area contributed by atoms with E-state index in [2.05, 4.69) is 58.6 Å². The van der Waals surface area contributed by atoms with Gasteiger partial charge in [0.2, 0.25) is 0 Å². The molecule has 0 bridgehead atoms. The number of benzene rings is 1. The van der Waals surface area contributed by atoms with Crippen LogP contribution in [-0.2, 0) is 19.4 Å². The van der Waals surface area contributed by atoms with E-state index >= 15 is 0 Å². The Morgan fingerprint density at radius 2 is 1.88 bits per heavy atom. The Kier molecular flexibility index (Phi) is 6.41. The summed E-state index contributed by atoms with van der Waals surface area (Å²) >= 11 is 0. The highest BCUT2D eigenvalue weighted by molar-refractivity contribution is 5.79. The van der Waals surface area contributed by atoms with Crippen LogP contribution in [0.5, 0.6) is 0 Å². The van der Waals surface area contributed by atoms with Gasteiger partial charge in [-0.1, -0.05) is 36.3 Å². The predicted molar refractivity (Wildman–Crippen MR) is 98.3 cm³/mol. The minimum atomic E-state index is 0.800. The summed E-state index contributed by atoms with van der Waals surface area (Å²) in [5.41, 5.74) is 4.79. The van der Waals surface area contributed by atoms with Gasteiger partial charge in [0.25, 0.3) is 0 Å². The van der Waals surface area contributed by atoms with Crippen molar-refractivity contribution in [3.63, 3.8) is 0 Å². The number of hydrogen-bond acceptors (Lipinski definition) is 3. The van der Waals surface area contributed by atoms with Crippen LogP contribution in [0.1, 0.15) is 35.1 Å². The van der Waals surface area contributed by atoms with Gasteiger partial charge < -0.3 is 14.7 Å². The average molecular weight is 328 g/mol. The normalized spacial score (nSPS) is 11.6. The highest BCUT2D eigenvalue weighted by Crippen LogP contribution is 2.12. The number of guanidine groups is 1. The summed E-state index contributed by atoms with van der Waals surface area (Å²) in [6, 6.07) is 8.76. The number of rotatable bonds is 6. The Morgan fingerprint density at radius 3 is 2.42 bits per heavy atom. The Hall–Kier alpha value is -2.30. The average Bonchev–Trinajstić information content (AvgIpc) is 2.91. The molecule has 1 aromatic carbocycles. The zero-order valence-electron chi connectivity index (χ0n) is 15.4. The van der Waals surface area contributed by atoms with E-state index in [0.29, 0.717) is 0 Å². The lowest BCUT2D eigenvalue weighted by Crippen LogP contribution is -2.39. The predicted octanol–water partition coefficient (Wildman–Crippen LogP) is 3.10. The second-order valence-electron chi connectivity index (χ2n) is 6.05. The quantitative estimate of drug-likeness (QED) is 0.654. The molecule has 0 amide bonds. The lowest BCUT2D eigenvalue weighted by molar-refractivity contribution is 0.392. The molecule has 0 radical (unpaired) electrons. The van der Waals surface area contributed by atoms with Gasteiger partial charge in [-0.2, -0.15) is 0 Å². The molecular weight excluding hydrogens is 300 g/mol. The Bertz CT molecular complexity index is 654. The van der Waals surface area contributed by atoms with Crippen LogP contribution in [0, 0.1) is 13.8 Å². The van der Waals surface area contributed by atoms with E-state index in [9.17, 15) is 0 Å². The van der Waals surface area contributed by atoms with Gasteiger partial charge in [0.15, 0.2) is 5.96 Å². The first-order chi connectivity index (χ1) is 11.5. The molecule has 0 aliphatic heterocycles. The van der Waals surface area contributed by atoms with Crippen LogP contribution in [0.25, 0.3) is 0 Å². The minimum Gasteiger partial charge on any atom is -0.361 e. The van der Waals surface area contributed by atoms with Crippen molar-refractivity contribution in [3.05, 3.63) is 52.4 Å². The Morgan fingerprint density at radius 1 is 1.21 bits per heavy atom. The van der Waals surface area contributed by atoms with E-state index in [1.165, 1.54) is 16.7 Å². The van der Waals surface area contributed by atoms with Gasteiger partial charge in [-0.05, 0) is 37.8 Å². The van der Waals surface area contributed by atoms with Gasteiger partial charge in [0, 0.05) is 32.7 Å². The number of aliphatic imine (C=N–C) groups is 1. The third kappa shape index (κ3) is 4.60. The molecule has 0 fully saturated rings. The van der Waals surface area contributed by atoms with Crippen molar-refractivity contribution < 1.29 is 4.52 Å². The molecule has 0 saturated carbocycles. The molecule has 5 nitrogen and oxygen atoms in total. The van der Waals surface area contributed by atoms with Gasteiger partial charge in [-0.3, -0.25) is 4.99 Å². The first-order valence-electron chi connectivity index (χ1n) is 8.46. The molecule has 2 rings (SSSR count). The summed E-state index contributed by atoms with van der Waals surface area (Å²) in [5.74, 6) is 1.79. The summed E-state index contributed by atoms with van der Waals surface area (Å²) < 4.78 is 5.21. The maximum absolute atomic E-state index is 5.21. The van der Waals surface area contributed by atoms with Crippen molar-refractivity contribution in [2.75, 3.05) is 20.6 Å². The van der Waals surface area contributed by atoms with Crippen molar-refractivity contribution in [2.24, 2.45) is 4.99 Å². The summed E-state index contributed by atoms with van der Waals surface area (Å²) in [6.07, 6.45) is 1.94. The number of nitrogens with one attached hydrogen (secondary N) is 1. The smallest absolute Gasteiger partial charge is 0.193 e. The first-order valence-corrected chi connectivity index (χ1v) is 8.46. The van der Waals surface area contributed by atoms with Crippen LogP contribution >= 0.6 is 0 Å². The summed E-state index contributed by atoms with van der Waals surface area (Å²) in [4.78, 5) is 6.51. The molecule has 0 atom stereocenters. The molecule has 5 heteroatoms. The van der Waals surface area contributed by atoms with Crippen molar-refractivity contribution in [2.45, 2.75) is 40.2 Å². The maximum Gasteiger partial charge on any atom is 0.193 e. The summed E-state index contributed by atoms with van der Waals surface area (Å²) in [5, 5.41) is 7.41. The number of hydrogen-bond donors (Lipinski definition) is 1. The Balaban J connectivity index is 1.88. The van der Waals surface area contributed by atoms with Crippen molar-refractivity contribution in [1.29, 1.82) is 0 Å². The number of aryl methyl sites for hydroxylation is 3. The molecule has 130 valence electrons. The monoisotopic (exact) mass is 328 g/mol. The van der Waals surface area contributed by atoms with Gasteiger partial charge in [0.1, 0.15) is 5.76 Å².